The lowest BCUT2D eigenvalue weighted by atomic mass is 10.0. The summed E-state index contributed by atoms with van der Waals surface area (Å²) in [4.78, 5) is 15.3. The van der Waals surface area contributed by atoms with Crippen molar-refractivity contribution >= 4 is 5.97 Å². The lowest BCUT2D eigenvalue weighted by molar-refractivity contribution is -0.137. The third kappa shape index (κ3) is 4.20. The van der Waals surface area contributed by atoms with Crippen molar-refractivity contribution in [3.63, 3.8) is 0 Å². The Hall–Kier alpha value is -1.60. The molecule has 22 heavy (non-hydrogen) atoms. The van der Waals surface area contributed by atoms with Gasteiger partial charge in [0.1, 0.15) is 0 Å². The molecule has 1 N–H and O–H groups in total. The van der Waals surface area contributed by atoms with E-state index in [2.05, 4.69) is 11.8 Å². The average Bonchev–Trinajstić information content (AvgIpc) is 2.46. The zero-order valence-electron chi connectivity index (χ0n) is 12.4. The Morgan fingerprint density at radius 1 is 1.14 bits per heavy atom. The molecule has 0 atom stereocenters. The predicted octanol–water partition coefficient (Wildman–Crippen LogP) is 2.54. The molecule has 1 aromatic rings. The lowest BCUT2D eigenvalue weighted by Gasteiger charge is -2.34. The Morgan fingerprint density at radius 2 is 1.73 bits per heavy atom. The zero-order valence-corrected chi connectivity index (χ0v) is 12.4. The number of hydrogen-bond acceptors (Lipinski definition) is 3. The van der Waals surface area contributed by atoms with Gasteiger partial charge in [-0.1, -0.05) is 6.92 Å². The van der Waals surface area contributed by atoms with Crippen molar-refractivity contribution in [2.24, 2.45) is 0 Å². The summed E-state index contributed by atoms with van der Waals surface area (Å²) in [5, 5.41) is 8.98. The quantitative estimate of drug-likeness (QED) is 0.927. The van der Waals surface area contributed by atoms with Gasteiger partial charge in [-0.25, -0.2) is 4.79 Å². The summed E-state index contributed by atoms with van der Waals surface area (Å²) in [6, 6.07) is 3.04. The highest BCUT2D eigenvalue weighted by Gasteiger charge is 2.32. The van der Waals surface area contributed by atoms with Gasteiger partial charge in [-0.05, 0) is 30.3 Å². The van der Waals surface area contributed by atoms with Crippen LogP contribution in [0.1, 0.15) is 28.4 Å². The molecular formula is C15H19F3N2O2. The Kier molecular flexibility index (Phi) is 5.08. The van der Waals surface area contributed by atoms with E-state index in [-0.39, 0.29) is 5.56 Å². The molecule has 122 valence electrons. The van der Waals surface area contributed by atoms with Crippen molar-refractivity contribution < 1.29 is 23.1 Å². The Morgan fingerprint density at radius 3 is 2.23 bits per heavy atom. The van der Waals surface area contributed by atoms with Gasteiger partial charge in [0.2, 0.25) is 0 Å². The normalized spacial score (nSPS) is 17.6. The molecule has 4 nitrogen and oxygen atoms in total. The number of carbonyl (C=O) groups is 1. The molecule has 1 aliphatic heterocycles. The fourth-order valence-electron chi connectivity index (χ4n) is 2.59. The third-order valence-electron chi connectivity index (χ3n) is 3.89. The Labute approximate surface area is 127 Å². The van der Waals surface area contributed by atoms with Crippen LogP contribution in [0.15, 0.2) is 18.2 Å². The van der Waals surface area contributed by atoms with Crippen LogP contribution in [0.3, 0.4) is 0 Å². The second-order valence-corrected chi connectivity index (χ2v) is 5.43. The molecule has 0 saturated carbocycles. The van der Waals surface area contributed by atoms with Crippen molar-refractivity contribution in [1.82, 2.24) is 9.80 Å². The summed E-state index contributed by atoms with van der Waals surface area (Å²) in [5.41, 5.74) is -0.844. The molecule has 0 spiro atoms. The molecule has 0 unspecified atom stereocenters. The van der Waals surface area contributed by atoms with Crippen LogP contribution in [0.2, 0.25) is 0 Å². The first kappa shape index (κ1) is 16.8. The van der Waals surface area contributed by atoms with Crippen molar-refractivity contribution in [1.29, 1.82) is 0 Å². The fourth-order valence-corrected chi connectivity index (χ4v) is 2.59. The molecule has 0 bridgehead atoms. The maximum absolute atomic E-state index is 12.9. The van der Waals surface area contributed by atoms with Crippen LogP contribution in [-0.2, 0) is 12.7 Å². The van der Waals surface area contributed by atoms with Gasteiger partial charge in [-0.2, -0.15) is 13.2 Å². The topological polar surface area (TPSA) is 43.8 Å². The van der Waals surface area contributed by atoms with E-state index in [1.165, 1.54) is 6.07 Å². The van der Waals surface area contributed by atoms with Gasteiger partial charge in [0.15, 0.2) is 0 Å². The van der Waals surface area contributed by atoms with Gasteiger partial charge in [0.25, 0.3) is 0 Å². The molecule has 7 heteroatoms. The van der Waals surface area contributed by atoms with E-state index in [0.717, 1.165) is 38.8 Å². The first-order chi connectivity index (χ1) is 10.3. The maximum Gasteiger partial charge on any atom is 0.416 e. The number of nitrogens with zero attached hydrogens (tertiary/aromatic N) is 2. The monoisotopic (exact) mass is 316 g/mol. The van der Waals surface area contributed by atoms with Gasteiger partial charge < -0.3 is 10.0 Å². The minimum Gasteiger partial charge on any atom is -0.478 e. The van der Waals surface area contributed by atoms with E-state index in [9.17, 15) is 18.0 Å². The van der Waals surface area contributed by atoms with E-state index in [1.54, 1.807) is 0 Å². The van der Waals surface area contributed by atoms with E-state index >= 15 is 0 Å². The smallest absolute Gasteiger partial charge is 0.416 e. The first-order valence-corrected chi connectivity index (χ1v) is 7.18. The fraction of sp³-hybridized carbons (Fsp3) is 0.533. The highest BCUT2D eigenvalue weighted by atomic mass is 19.4. The SMILES string of the molecule is CCN1CCN(Cc2cc(C(=O)O)cc(C(F)(F)F)c2)CC1. The molecule has 0 aromatic heterocycles. The molecule has 1 fully saturated rings. The average molecular weight is 316 g/mol. The largest absolute Gasteiger partial charge is 0.478 e. The van der Waals surface area contributed by atoms with Gasteiger partial charge in [0.05, 0.1) is 11.1 Å². The summed E-state index contributed by atoms with van der Waals surface area (Å²) in [5.74, 6) is -1.34. The number of carboxylic acid groups (broad SMARTS) is 1. The first-order valence-electron chi connectivity index (χ1n) is 7.18. The van der Waals surface area contributed by atoms with Crippen LogP contribution in [0.25, 0.3) is 0 Å². The minimum atomic E-state index is -4.54. The van der Waals surface area contributed by atoms with Gasteiger partial charge >= 0.3 is 12.1 Å². The van der Waals surface area contributed by atoms with Crippen LogP contribution < -0.4 is 0 Å². The highest BCUT2D eigenvalue weighted by Crippen LogP contribution is 2.31. The molecule has 0 aliphatic carbocycles. The van der Waals surface area contributed by atoms with Crippen LogP contribution in [-0.4, -0.2) is 53.6 Å². The minimum absolute atomic E-state index is 0.322. The van der Waals surface area contributed by atoms with Gasteiger partial charge in [0, 0.05) is 32.7 Å². The van der Waals surface area contributed by atoms with Crippen LogP contribution in [0.4, 0.5) is 13.2 Å². The summed E-state index contributed by atoms with van der Waals surface area (Å²) in [6.45, 7) is 6.66. The summed E-state index contributed by atoms with van der Waals surface area (Å²) >= 11 is 0. The number of carboxylic acids is 1. The molecule has 0 radical (unpaired) electrons. The number of aromatic carboxylic acids is 1. The Bertz CT molecular complexity index is 538. The number of alkyl halides is 3. The van der Waals surface area contributed by atoms with Gasteiger partial charge in [-0.15, -0.1) is 0 Å². The molecule has 0 amide bonds. The number of piperazine rings is 1. The van der Waals surface area contributed by atoms with Crippen molar-refractivity contribution in [2.45, 2.75) is 19.6 Å². The summed E-state index contributed by atoms with van der Waals surface area (Å²) in [7, 11) is 0. The second kappa shape index (κ2) is 6.66. The molecule has 2 rings (SSSR count). The molecule has 1 saturated heterocycles. The van der Waals surface area contributed by atoms with Crippen LogP contribution in [0, 0.1) is 0 Å². The molecule has 1 aliphatic rings. The van der Waals surface area contributed by atoms with E-state index < -0.39 is 17.7 Å². The second-order valence-electron chi connectivity index (χ2n) is 5.43. The number of likely N-dealkylation sites (N-methyl/N-ethyl adjacent to an activating group) is 1. The Balaban J connectivity index is 2.16. The molecule has 1 heterocycles. The summed E-state index contributed by atoms with van der Waals surface area (Å²) in [6.07, 6.45) is -4.54. The maximum atomic E-state index is 12.9. The van der Waals surface area contributed by atoms with E-state index in [0.29, 0.717) is 18.2 Å². The standard InChI is InChI=1S/C15H19F3N2O2/c1-2-19-3-5-20(6-4-19)10-11-7-12(14(21)22)9-13(8-11)15(16,17)18/h7-9H,2-6,10H2,1H3,(H,21,22). The third-order valence-corrected chi connectivity index (χ3v) is 3.89. The molecular weight excluding hydrogens is 297 g/mol. The lowest BCUT2D eigenvalue weighted by Crippen LogP contribution is -2.45. The van der Waals surface area contributed by atoms with Crippen molar-refractivity contribution in [3.05, 3.63) is 34.9 Å². The van der Waals surface area contributed by atoms with Crippen molar-refractivity contribution in [2.75, 3.05) is 32.7 Å². The predicted molar refractivity (Wildman–Crippen MR) is 75.8 cm³/mol. The van der Waals surface area contributed by atoms with E-state index in [1.807, 2.05) is 4.90 Å². The van der Waals surface area contributed by atoms with Crippen LogP contribution >= 0.6 is 0 Å². The number of hydrogen-bond donors (Lipinski definition) is 1. The van der Waals surface area contributed by atoms with Crippen molar-refractivity contribution in [3.8, 4) is 0 Å². The van der Waals surface area contributed by atoms with Crippen LogP contribution in [0.5, 0.6) is 0 Å². The number of rotatable bonds is 4. The van der Waals surface area contributed by atoms with E-state index in [4.69, 9.17) is 5.11 Å². The number of halogens is 3. The molecule has 1 aromatic carbocycles. The summed E-state index contributed by atoms with van der Waals surface area (Å²) < 4.78 is 38.6. The zero-order chi connectivity index (χ0) is 16.3. The number of benzene rings is 1. The van der Waals surface area contributed by atoms with Gasteiger partial charge in [-0.3, -0.25) is 4.90 Å². The highest BCUT2D eigenvalue weighted by molar-refractivity contribution is 5.88.